The summed E-state index contributed by atoms with van der Waals surface area (Å²) in [6.45, 7) is 3.50. The fourth-order valence-electron chi connectivity index (χ4n) is 3.04. The third-order valence-electron chi connectivity index (χ3n) is 4.42. The number of alkyl halides is 3. The van der Waals surface area contributed by atoms with E-state index in [1.807, 2.05) is 0 Å². The Balaban J connectivity index is 1.82. The number of carbonyl (C=O) groups excluding carboxylic acids is 2. The standard InChI is InChI=1S/C20H18F3N3O2/c1-12-14-6-4-5-7-15(14)19(28)26(12)11-18(27)24-16-10-13(20(21,22)23)8-9-17(16)25(2)3/h4-10H,1,11H2,2-3H3,(H,24,27). The van der Waals surface area contributed by atoms with Gasteiger partial charge in [-0.15, -0.1) is 0 Å². The van der Waals surface area contributed by atoms with Crippen LogP contribution in [-0.4, -0.2) is 37.4 Å². The molecular weight excluding hydrogens is 371 g/mol. The van der Waals surface area contributed by atoms with Gasteiger partial charge in [0.2, 0.25) is 5.91 Å². The predicted octanol–water partition coefficient (Wildman–Crippen LogP) is 3.84. The zero-order valence-electron chi connectivity index (χ0n) is 15.3. The SMILES string of the molecule is C=C1c2ccccc2C(=O)N1CC(=O)Nc1cc(C(F)(F)F)ccc1N(C)C. The molecule has 0 saturated carbocycles. The van der Waals surface area contributed by atoms with Gasteiger partial charge in [-0.05, 0) is 24.3 Å². The first-order valence-electron chi connectivity index (χ1n) is 8.38. The molecule has 0 bridgehead atoms. The fourth-order valence-corrected chi connectivity index (χ4v) is 3.04. The van der Waals surface area contributed by atoms with Crippen LogP contribution < -0.4 is 10.2 Å². The smallest absolute Gasteiger partial charge is 0.376 e. The molecule has 0 aliphatic carbocycles. The average Bonchev–Trinajstić information content (AvgIpc) is 2.86. The van der Waals surface area contributed by atoms with Crippen LogP contribution in [0.2, 0.25) is 0 Å². The number of amides is 2. The molecule has 8 heteroatoms. The minimum atomic E-state index is -4.54. The molecule has 1 aliphatic heterocycles. The number of hydrogen-bond acceptors (Lipinski definition) is 3. The minimum Gasteiger partial charge on any atom is -0.376 e. The number of benzene rings is 2. The number of carbonyl (C=O) groups is 2. The van der Waals surface area contributed by atoms with Crippen molar-refractivity contribution < 1.29 is 22.8 Å². The molecular formula is C20H18F3N3O2. The maximum Gasteiger partial charge on any atom is 0.416 e. The number of nitrogens with one attached hydrogen (secondary N) is 1. The van der Waals surface area contributed by atoms with Crippen LogP contribution in [0.1, 0.15) is 21.5 Å². The summed E-state index contributed by atoms with van der Waals surface area (Å²) in [6.07, 6.45) is -4.54. The van der Waals surface area contributed by atoms with E-state index in [-0.39, 0.29) is 18.1 Å². The highest BCUT2D eigenvalue weighted by atomic mass is 19.4. The second-order valence-corrected chi connectivity index (χ2v) is 6.56. The van der Waals surface area contributed by atoms with E-state index in [1.54, 1.807) is 43.3 Å². The van der Waals surface area contributed by atoms with E-state index in [0.29, 0.717) is 22.5 Å². The van der Waals surface area contributed by atoms with Gasteiger partial charge in [-0.1, -0.05) is 24.8 Å². The highest BCUT2D eigenvalue weighted by molar-refractivity contribution is 6.11. The predicted molar refractivity (Wildman–Crippen MR) is 101 cm³/mol. The molecule has 0 radical (unpaired) electrons. The largest absolute Gasteiger partial charge is 0.416 e. The van der Waals surface area contributed by atoms with E-state index >= 15 is 0 Å². The van der Waals surface area contributed by atoms with Gasteiger partial charge in [-0.3, -0.25) is 14.5 Å². The van der Waals surface area contributed by atoms with E-state index in [4.69, 9.17) is 0 Å². The van der Waals surface area contributed by atoms with Crippen molar-refractivity contribution in [3.8, 4) is 0 Å². The molecule has 0 aromatic heterocycles. The summed E-state index contributed by atoms with van der Waals surface area (Å²) in [5.41, 5.74) is 1.01. The van der Waals surface area contributed by atoms with E-state index in [0.717, 1.165) is 12.1 Å². The molecule has 2 aromatic carbocycles. The molecule has 28 heavy (non-hydrogen) atoms. The Morgan fingerprint density at radius 3 is 2.36 bits per heavy atom. The van der Waals surface area contributed by atoms with Crippen LogP contribution >= 0.6 is 0 Å². The Morgan fingerprint density at radius 1 is 1.14 bits per heavy atom. The minimum absolute atomic E-state index is 0.0135. The summed E-state index contributed by atoms with van der Waals surface area (Å²) < 4.78 is 39.1. The summed E-state index contributed by atoms with van der Waals surface area (Å²) >= 11 is 0. The van der Waals surface area contributed by atoms with E-state index in [9.17, 15) is 22.8 Å². The van der Waals surface area contributed by atoms with E-state index < -0.39 is 17.6 Å². The summed E-state index contributed by atoms with van der Waals surface area (Å²) in [5.74, 6) is -0.989. The van der Waals surface area contributed by atoms with Gasteiger partial charge in [0.05, 0.1) is 16.9 Å². The molecule has 0 atom stereocenters. The number of anilines is 2. The van der Waals surface area contributed by atoms with Gasteiger partial charge in [0, 0.05) is 30.9 Å². The molecule has 5 nitrogen and oxygen atoms in total. The normalized spacial score (nSPS) is 13.5. The topological polar surface area (TPSA) is 52.7 Å². The molecule has 146 valence electrons. The van der Waals surface area contributed by atoms with E-state index in [2.05, 4.69) is 11.9 Å². The third kappa shape index (κ3) is 3.58. The van der Waals surface area contributed by atoms with Gasteiger partial charge < -0.3 is 10.2 Å². The van der Waals surface area contributed by atoms with Gasteiger partial charge in [-0.2, -0.15) is 13.2 Å². The monoisotopic (exact) mass is 389 g/mol. The van der Waals surface area contributed by atoms with Crippen molar-refractivity contribution in [2.45, 2.75) is 6.18 Å². The number of nitrogens with zero attached hydrogens (tertiary/aromatic N) is 2. The van der Waals surface area contributed by atoms with Crippen LogP contribution in [0.4, 0.5) is 24.5 Å². The zero-order chi connectivity index (χ0) is 20.6. The van der Waals surface area contributed by atoms with Gasteiger partial charge in [0.15, 0.2) is 0 Å². The fraction of sp³-hybridized carbons (Fsp3) is 0.200. The first-order valence-corrected chi connectivity index (χ1v) is 8.38. The second kappa shape index (κ2) is 7.03. The lowest BCUT2D eigenvalue weighted by Gasteiger charge is -2.21. The Bertz CT molecular complexity index is 932. The van der Waals surface area contributed by atoms with Gasteiger partial charge in [0.1, 0.15) is 6.54 Å². The maximum absolute atomic E-state index is 13.0. The molecule has 0 fully saturated rings. The number of halogens is 3. The zero-order valence-corrected chi connectivity index (χ0v) is 15.3. The summed E-state index contributed by atoms with van der Waals surface area (Å²) in [6, 6.07) is 9.94. The molecule has 0 saturated heterocycles. The first-order chi connectivity index (χ1) is 13.1. The molecule has 2 aromatic rings. The molecule has 0 spiro atoms. The molecule has 1 aliphatic rings. The van der Waals surface area contributed by atoms with Crippen molar-refractivity contribution in [3.05, 3.63) is 65.7 Å². The van der Waals surface area contributed by atoms with E-state index in [1.165, 1.54) is 11.0 Å². The summed E-state index contributed by atoms with van der Waals surface area (Å²) in [5, 5.41) is 2.48. The Labute approximate surface area is 160 Å². The van der Waals surface area contributed by atoms with Crippen LogP contribution in [0.15, 0.2) is 49.0 Å². The van der Waals surface area contributed by atoms with Gasteiger partial charge in [-0.25, -0.2) is 0 Å². The van der Waals surface area contributed by atoms with Crippen molar-refractivity contribution >= 4 is 28.9 Å². The molecule has 0 unspecified atom stereocenters. The molecule has 1 heterocycles. The van der Waals surface area contributed by atoms with Crippen LogP contribution in [0.25, 0.3) is 5.70 Å². The Kier molecular flexibility index (Phi) is 4.89. The van der Waals surface area contributed by atoms with Crippen molar-refractivity contribution in [1.82, 2.24) is 4.90 Å². The van der Waals surface area contributed by atoms with Crippen LogP contribution in [0, 0.1) is 0 Å². The second-order valence-electron chi connectivity index (χ2n) is 6.56. The lowest BCUT2D eigenvalue weighted by molar-refractivity contribution is -0.137. The number of fused-ring (bicyclic) bond motifs is 1. The molecule has 1 N–H and O–H groups in total. The quantitative estimate of drug-likeness (QED) is 0.865. The highest BCUT2D eigenvalue weighted by Crippen LogP contribution is 2.35. The Hall–Kier alpha value is -3.29. The Morgan fingerprint density at radius 2 is 1.79 bits per heavy atom. The van der Waals surface area contributed by atoms with Gasteiger partial charge in [0.25, 0.3) is 5.91 Å². The average molecular weight is 389 g/mol. The van der Waals surface area contributed by atoms with Gasteiger partial charge >= 0.3 is 6.18 Å². The van der Waals surface area contributed by atoms with Crippen molar-refractivity contribution in [2.75, 3.05) is 30.9 Å². The maximum atomic E-state index is 13.0. The first kappa shape index (κ1) is 19.5. The third-order valence-corrected chi connectivity index (χ3v) is 4.42. The number of rotatable bonds is 4. The number of hydrogen-bond donors (Lipinski definition) is 1. The van der Waals surface area contributed by atoms with Crippen molar-refractivity contribution in [2.24, 2.45) is 0 Å². The van der Waals surface area contributed by atoms with Crippen molar-refractivity contribution in [1.29, 1.82) is 0 Å². The summed E-state index contributed by atoms with van der Waals surface area (Å²) in [7, 11) is 3.31. The summed E-state index contributed by atoms with van der Waals surface area (Å²) in [4.78, 5) is 27.8. The van der Waals surface area contributed by atoms with Crippen LogP contribution in [0.5, 0.6) is 0 Å². The van der Waals surface area contributed by atoms with Crippen molar-refractivity contribution in [3.63, 3.8) is 0 Å². The highest BCUT2D eigenvalue weighted by Gasteiger charge is 2.33. The molecule has 2 amide bonds. The lowest BCUT2D eigenvalue weighted by Crippen LogP contribution is -2.33. The lowest BCUT2D eigenvalue weighted by atomic mass is 10.1. The molecule has 3 rings (SSSR count). The van der Waals surface area contributed by atoms with Crippen LogP contribution in [-0.2, 0) is 11.0 Å². The van der Waals surface area contributed by atoms with Crippen LogP contribution in [0.3, 0.4) is 0 Å².